The zero-order chi connectivity index (χ0) is 12.1. The van der Waals surface area contributed by atoms with Gasteiger partial charge in [-0.2, -0.15) is 0 Å². The van der Waals surface area contributed by atoms with Gasteiger partial charge in [0.2, 0.25) is 5.91 Å². The summed E-state index contributed by atoms with van der Waals surface area (Å²) >= 11 is 0. The Bertz CT molecular complexity index is 266. The van der Waals surface area contributed by atoms with E-state index < -0.39 is 24.0 Å². The van der Waals surface area contributed by atoms with E-state index in [9.17, 15) is 9.59 Å². The van der Waals surface area contributed by atoms with Crippen LogP contribution in [0.1, 0.15) is 25.7 Å². The maximum Gasteiger partial charge on any atom is 0.320 e. The summed E-state index contributed by atoms with van der Waals surface area (Å²) in [4.78, 5) is 21.9. The average Bonchev–Trinajstić information content (AvgIpc) is 2.99. The van der Waals surface area contributed by atoms with E-state index in [0.717, 1.165) is 12.8 Å². The minimum Gasteiger partial charge on any atom is -0.480 e. The van der Waals surface area contributed by atoms with Crippen molar-refractivity contribution in [2.24, 2.45) is 5.73 Å². The third kappa shape index (κ3) is 4.16. The maximum atomic E-state index is 10.9. The lowest BCUT2D eigenvalue weighted by atomic mass is 10.1. The highest BCUT2D eigenvalue weighted by molar-refractivity contribution is 5.80. The third-order valence-electron chi connectivity index (χ3n) is 2.75. The molecule has 6 nitrogen and oxygen atoms in total. The molecule has 0 spiro atoms. The molecule has 1 rings (SSSR count). The van der Waals surface area contributed by atoms with E-state index in [1.165, 1.54) is 0 Å². The monoisotopic (exact) mass is 229 g/mol. The number of rotatable bonds is 8. The number of carboxylic acid groups (broad SMARTS) is 1. The Morgan fingerprint density at radius 2 is 1.94 bits per heavy atom. The summed E-state index contributed by atoms with van der Waals surface area (Å²) in [5.74, 6) is -1.32. The second-order valence-electron chi connectivity index (χ2n) is 4.15. The minimum absolute atomic E-state index is 0.336. The van der Waals surface area contributed by atoms with E-state index in [1.807, 2.05) is 0 Å². The summed E-state index contributed by atoms with van der Waals surface area (Å²) in [6, 6.07) is -0.701. The fourth-order valence-electron chi connectivity index (χ4n) is 1.57. The molecule has 5 N–H and O–H groups in total. The number of carbonyl (C=O) groups is 2. The second kappa shape index (κ2) is 5.81. The van der Waals surface area contributed by atoms with E-state index in [0.29, 0.717) is 18.9 Å². The van der Waals surface area contributed by atoms with E-state index in [1.54, 1.807) is 7.05 Å². The van der Waals surface area contributed by atoms with Crippen molar-refractivity contribution in [3.05, 3.63) is 0 Å². The van der Waals surface area contributed by atoms with Crippen molar-refractivity contribution in [2.75, 3.05) is 7.05 Å². The van der Waals surface area contributed by atoms with Crippen molar-refractivity contribution < 1.29 is 14.7 Å². The summed E-state index contributed by atoms with van der Waals surface area (Å²) in [7, 11) is 1.64. The highest BCUT2D eigenvalue weighted by atomic mass is 16.4. The fraction of sp³-hybridized carbons (Fsp3) is 0.800. The van der Waals surface area contributed by atoms with Crippen LogP contribution >= 0.6 is 0 Å². The molecule has 0 aromatic heterocycles. The van der Waals surface area contributed by atoms with Crippen molar-refractivity contribution in [1.82, 2.24) is 10.6 Å². The number of amides is 1. The number of carboxylic acids is 1. The molecule has 1 amide bonds. The number of hydrogen-bond acceptors (Lipinski definition) is 4. The standard InChI is InChI=1S/C10H19N3O3/c1-12-7(9(11)14)4-5-8(10(15)16)13-6-2-3-6/h6-8,12-13H,2-5H2,1H3,(H2,11,14)(H,15,16). The molecule has 1 fully saturated rings. The SMILES string of the molecule is CNC(CCC(NC1CC1)C(=O)O)C(N)=O. The molecule has 0 saturated heterocycles. The average molecular weight is 229 g/mol. The first kappa shape index (κ1) is 12.9. The van der Waals surface area contributed by atoms with Crippen LogP contribution < -0.4 is 16.4 Å². The number of aliphatic carboxylic acids is 1. The number of nitrogens with two attached hydrogens (primary N) is 1. The molecule has 0 bridgehead atoms. The fourth-order valence-corrected chi connectivity index (χ4v) is 1.57. The predicted molar refractivity (Wildman–Crippen MR) is 58.9 cm³/mol. The highest BCUT2D eigenvalue weighted by Gasteiger charge is 2.28. The normalized spacial score (nSPS) is 19.1. The van der Waals surface area contributed by atoms with Crippen LogP contribution in [0.15, 0.2) is 0 Å². The van der Waals surface area contributed by atoms with Gasteiger partial charge in [0.15, 0.2) is 0 Å². The second-order valence-corrected chi connectivity index (χ2v) is 4.15. The third-order valence-corrected chi connectivity index (χ3v) is 2.75. The molecule has 2 atom stereocenters. The molecular weight excluding hydrogens is 210 g/mol. The first-order chi connectivity index (χ1) is 7.54. The van der Waals surface area contributed by atoms with Crippen molar-refractivity contribution in [3.63, 3.8) is 0 Å². The lowest BCUT2D eigenvalue weighted by Crippen LogP contribution is -2.43. The van der Waals surface area contributed by atoms with Crippen LogP contribution in [0.2, 0.25) is 0 Å². The minimum atomic E-state index is -0.869. The first-order valence-corrected chi connectivity index (χ1v) is 5.50. The zero-order valence-electron chi connectivity index (χ0n) is 9.40. The number of hydrogen-bond donors (Lipinski definition) is 4. The van der Waals surface area contributed by atoms with Gasteiger partial charge in [-0.3, -0.25) is 9.59 Å². The molecule has 92 valence electrons. The van der Waals surface area contributed by atoms with Gasteiger partial charge in [0.1, 0.15) is 6.04 Å². The van der Waals surface area contributed by atoms with E-state index in [2.05, 4.69) is 10.6 Å². The molecular formula is C10H19N3O3. The molecule has 0 heterocycles. The molecule has 6 heteroatoms. The Balaban J connectivity index is 2.35. The summed E-state index contributed by atoms with van der Waals surface area (Å²) in [6.07, 6.45) is 2.91. The quantitative estimate of drug-likeness (QED) is 0.429. The highest BCUT2D eigenvalue weighted by Crippen LogP contribution is 2.20. The van der Waals surface area contributed by atoms with Crippen LogP contribution in [0, 0.1) is 0 Å². The van der Waals surface area contributed by atoms with Crippen molar-refractivity contribution >= 4 is 11.9 Å². The Morgan fingerprint density at radius 3 is 2.31 bits per heavy atom. The number of likely N-dealkylation sites (N-methyl/N-ethyl adjacent to an activating group) is 1. The Morgan fingerprint density at radius 1 is 1.38 bits per heavy atom. The van der Waals surface area contributed by atoms with Crippen LogP contribution in [0.4, 0.5) is 0 Å². The van der Waals surface area contributed by atoms with Crippen molar-refractivity contribution in [3.8, 4) is 0 Å². The Labute approximate surface area is 94.6 Å². The predicted octanol–water partition coefficient (Wildman–Crippen LogP) is -0.955. The summed E-state index contributed by atoms with van der Waals surface area (Å²) in [6.45, 7) is 0. The van der Waals surface area contributed by atoms with Gasteiger partial charge in [0.25, 0.3) is 0 Å². The van der Waals surface area contributed by atoms with Crippen molar-refractivity contribution in [2.45, 2.75) is 43.8 Å². The van der Waals surface area contributed by atoms with Gasteiger partial charge in [-0.25, -0.2) is 0 Å². The van der Waals surface area contributed by atoms with E-state index in [4.69, 9.17) is 10.8 Å². The van der Waals surface area contributed by atoms with Gasteiger partial charge in [-0.05, 0) is 32.7 Å². The van der Waals surface area contributed by atoms with Gasteiger partial charge in [0.05, 0.1) is 6.04 Å². The van der Waals surface area contributed by atoms with Crippen LogP contribution in [-0.4, -0.2) is 42.2 Å². The topological polar surface area (TPSA) is 104 Å². The van der Waals surface area contributed by atoms with E-state index >= 15 is 0 Å². The molecule has 2 unspecified atom stereocenters. The van der Waals surface area contributed by atoms with Gasteiger partial charge in [0, 0.05) is 6.04 Å². The molecule has 0 aromatic carbocycles. The van der Waals surface area contributed by atoms with Crippen LogP contribution in [-0.2, 0) is 9.59 Å². The zero-order valence-corrected chi connectivity index (χ0v) is 9.40. The largest absolute Gasteiger partial charge is 0.480 e. The van der Waals surface area contributed by atoms with Crippen LogP contribution in [0.3, 0.4) is 0 Å². The van der Waals surface area contributed by atoms with Gasteiger partial charge in [-0.1, -0.05) is 0 Å². The molecule has 16 heavy (non-hydrogen) atoms. The summed E-state index contributed by atoms with van der Waals surface area (Å²) in [5.41, 5.74) is 5.15. The summed E-state index contributed by atoms with van der Waals surface area (Å²) < 4.78 is 0. The molecule has 0 radical (unpaired) electrons. The van der Waals surface area contributed by atoms with Gasteiger partial charge in [-0.15, -0.1) is 0 Å². The molecule has 1 saturated carbocycles. The molecule has 0 aliphatic heterocycles. The number of primary amides is 1. The molecule has 0 aromatic rings. The maximum absolute atomic E-state index is 10.9. The van der Waals surface area contributed by atoms with Gasteiger partial charge >= 0.3 is 5.97 Å². The molecule has 1 aliphatic carbocycles. The molecule has 1 aliphatic rings. The van der Waals surface area contributed by atoms with Gasteiger partial charge < -0.3 is 21.5 Å². The lowest BCUT2D eigenvalue weighted by molar-refractivity contribution is -0.140. The smallest absolute Gasteiger partial charge is 0.320 e. The van der Waals surface area contributed by atoms with Crippen LogP contribution in [0.25, 0.3) is 0 Å². The van der Waals surface area contributed by atoms with E-state index in [-0.39, 0.29) is 0 Å². The first-order valence-electron chi connectivity index (χ1n) is 5.50. The summed E-state index contributed by atoms with van der Waals surface area (Å²) in [5, 5.41) is 14.8. The van der Waals surface area contributed by atoms with Crippen LogP contribution in [0.5, 0.6) is 0 Å². The van der Waals surface area contributed by atoms with Crippen molar-refractivity contribution in [1.29, 1.82) is 0 Å². The number of carbonyl (C=O) groups excluding carboxylic acids is 1. The number of nitrogens with one attached hydrogen (secondary N) is 2. The Kier molecular flexibility index (Phi) is 4.70. The lowest BCUT2D eigenvalue weighted by Gasteiger charge is -2.17. The Hall–Kier alpha value is -1.14.